The molecule has 1 atom stereocenters. The third-order valence-corrected chi connectivity index (χ3v) is 7.20. The molecule has 8 nitrogen and oxygen atoms in total. The van der Waals surface area contributed by atoms with Gasteiger partial charge in [0.25, 0.3) is 11.7 Å². The lowest BCUT2D eigenvalue weighted by atomic mass is 9.96. The molecule has 1 unspecified atom stereocenters. The Morgan fingerprint density at radius 3 is 2.66 bits per heavy atom. The number of carbonyl (C=O) groups is 2. The molecule has 1 aromatic carbocycles. The first-order valence-electron chi connectivity index (χ1n) is 11.7. The lowest BCUT2D eigenvalue weighted by molar-refractivity contribution is -0.140. The highest BCUT2D eigenvalue weighted by Gasteiger charge is 2.46. The number of nitrogens with zero attached hydrogens (tertiary/aromatic N) is 4. The number of imidazole rings is 1. The van der Waals surface area contributed by atoms with E-state index in [4.69, 9.17) is 4.74 Å². The van der Waals surface area contributed by atoms with E-state index in [1.54, 1.807) is 22.4 Å². The summed E-state index contributed by atoms with van der Waals surface area (Å²) in [4.78, 5) is 35.1. The van der Waals surface area contributed by atoms with Crippen LogP contribution in [-0.2, 0) is 14.3 Å². The third-order valence-electron chi connectivity index (χ3n) is 6.71. The predicted octanol–water partition coefficient (Wildman–Crippen LogP) is 3.47. The molecule has 0 saturated carbocycles. The van der Waals surface area contributed by atoms with E-state index in [9.17, 15) is 14.7 Å². The first kappa shape index (κ1) is 23.7. The van der Waals surface area contributed by atoms with Gasteiger partial charge in [-0.3, -0.25) is 18.9 Å². The number of ether oxygens (including phenoxy) is 1. The number of aliphatic hydroxyl groups is 1. The smallest absolute Gasteiger partial charge is 0.295 e. The molecule has 2 aliphatic heterocycles. The fourth-order valence-corrected chi connectivity index (χ4v) is 5.35. The number of aliphatic hydroxyl groups excluding tert-OH is 1. The van der Waals surface area contributed by atoms with E-state index in [2.05, 4.69) is 25.8 Å². The molecule has 0 spiro atoms. The van der Waals surface area contributed by atoms with Gasteiger partial charge in [-0.2, -0.15) is 0 Å². The van der Waals surface area contributed by atoms with E-state index in [1.165, 1.54) is 0 Å². The first-order valence-corrected chi connectivity index (χ1v) is 12.4. The van der Waals surface area contributed by atoms with Crippen LogP contribution >= 0.6 is 15.9 Å². The summed E-state index contributed by atoms with van der Waals surface area (Å²) >= 11 is 3.51. The highest BCUT2D eigenvalue weighted by atomic mass is 79.9. The number of aromatic nitrogens is 2. The SMILES string of the molecule is Cc1nc2c(C)cccn2c1/C(O)=C1\C(=O)C(=O)N(CCN2CCOCC2)C1c1cccc(Br)c1. The number of aryl methyl sites for hydroxylation is 2. The van der Waals surface area contributed by atoms with Crippen LogP contribution in [0.15, 0.2) is 52.6 Å². The minimum atomic E-state index is -0.705. The number of pyridine rings is 1. The molecule has 5 rings (SSSR count). The summed E-state index contributed by atoms with van der Waals surface area (Å²) in [5.41, 5.74) is 3.50. The monoisotopic (exact) mass is 538 g/mol. The molecule has 35 heavy (non-hydrogen) atoms. The Morgan fingerprint density at radius 2 is 1.91 bits per heavy atom. The second kappa shape index (κ2) is 9.56. The molecule has 0 radical (unpaired) electrons. The number of hydrogen-bond donors (Lipinski definition) is 1. The predicted molar refractivity (Wildman–Crippen MR) is 135 cm³/mol. The summed E-state index contributed by atoms with van der Waals surface area (Å²) in [5.74, 6) is -1.50. The maximum absolute atomic E-state index is 13.4. The summed E-state index contributed by atoms with van der Waals surface area (Å²) in [7, 11) is 0. The lowest BCUT2D eigenvalue weighted by Crippen LogP contribution is -2.42. The Kier molecular flexibility index (Phi) is 6.48. The number of benzene rings is 1. The normalized spacial score (nSPS) is 20.8. The molecule has 182 valence electrons. The van der Waals surface area contributed by atoms with Crippen LogP contribution in [0.25, 0.3) is 11.4 Å². The molecule has 3 aromatic rings. The molecule has 2 aromatic heterocycles. The number of fused-ring (bicyclic) bond motifs is 1. The molecule has 1 amide bonds. The minimum absolute atomic E-state index is 0.0847. The summed E-state index contributed by atoms with van der Waals surface area (Å²) in [6.07, 6.45) is 1.81. The molecular weight excluding hydrogens is 512 g/mol. The summed E-state index contributed by atoms with van der Waals surface area (Å²) in [6, 6.07) is 10.6. The van der Waals surface area contributed by atoms with E-state index >= 15 is 0 Å². The Bertz CT molecular complexity index is 1340. The minimum Gasteiger partial charge on any atom is -0.505 e. The van der Waals surface area contributed by atoms with Crippen LogP contribution in [0.4, 0.5) is 0 Å². The van der Waals surface area contributed by atoms with Gasteiger partial charge in [-0.1, -0.05) is 34.1 Å². The van der Waals surface area contributed by atoms with Crippen LogP contribution in [-0.4, -0.2) is 75.4 Å². The molecular formula is C26H27BrN4O4. The van der Waals surface area contributed by atoms with Crippen molar-refractivity contribution in [1.82, 2.24) is 19.2 Å². The van der Waals surface area contributed by atoms with Crippen molar-refractivity contribution in [3.8, 4) is 0 Å². The fraction of sp³-hybridized carbons (Fsp3) is 0.346. The van der Waals surface area contributed by atoms with Crippen LogP contribution in [0.3, 0.4) is 0 Å². The van der Waals surface area contributed by atoms with E-state index in [-0.39, 0.29) is 11.3 Å². The first-order chi connectivity index (χ1) is 16.9. The summed E-state index contributed by atoms with van der Waals surface area (Å²) in [5, 5.41) is 11.6. The fourth-order valence-electron chi connectivity index (χ4n) is 4.94. The molecule has 0 bridgehead atoms. The quantitative estimate of drug-likeness (QED) is 0.304. The van der Waals surface area contributed by atoms with Gasteiger partial charge >= 0.3 is 0 Å². The van der Waals surface area contributed by atoms with Gasteiger partial charge in [0, 0.05) is 36.8 Å². The van der Waals surface area contributed by atoms with Gasteiger partial charge in [0.05, 0.1) is 30.5 Å². The highest BCUT2D eigenvalue weighted by molar-refractivity contribution is 9.10. The molecule has 4 heterocycles. The average Bonchev–Trinajstić information content (AvgIpc) is 3.32. The Hall–Kier alpha value is -3.01. The van der Waals surface area contributed by atoms with Gasteiger partial charge in [0.1, 0.15) is 11.3 Å². The van der Waals surface area contributed by atoms with Crippen molar-refractivity contribution in [2.75, 3.05) is 39.4 Å². The van der Waals surface area contributed by atoms with Gasteiger partial charge < -0.3 is 14.7 Å². The van der Waals surface area contributed by atoms with Crippen molar-refractivity contribution in [3.63, 3.8) is 0 Å². The van der Waals surface area contributed by atoms with Crippen LogP contribution in [0.1, 0.15) is 28.6 Å². The number of hydrogen-bond acceptors (Lipinski definition) is 6. The standard InChI is InChI=1S/C26H27BrN4O4/c1-16-5-4-8-30-21(17(2)28-25(16)30)23(32)20-22(18-6-3-7-19(27)15-18)31(26(34)24(20)33)10-9-29-11-13-35-14-12-29/h3-8,15,22,32H,9-14H2,1-2H3/b23-20+. The second-order valence-electron chi connectivity index (χ2n) is 8.93. The van der Waals surface area contributed by atoms with Crippen LogP contribution in [0.2, 0.25) is 0 Å². The number of carbonyl (C=O) groups excluding carboxylic acids is 2. The number of morpholine rings is 1. The van der Waals surface area contributed by atoms with Crippen molar-refractivity contribution >= 4 is 39.0 Å². The van der Waals surface area contributed by atoms with Gasteiger partial charge in [0.15, 0.2) is 5.76 Å². The van der Waals surface area contributed by atoms with Crippen LogP contribution < -0.4 is 0 Å². The van der Waals surface area contributed by atoms with E-state index < -0.39 is 17.7 Å². The zero-order chi connectivity index (χ0) is 24.7. The molecule has 9 heteroatoms. The average molecular weight is 539 g/mol. The second-order valence-corrected chi connectivity index (χ2v) is 9.85. The number of likely N-dealkylation sites (tertiary alicyclic amines) is 1. The number of amides is 1. The van der Waals surface area contributed by atoms with Crippen molar-refractivity contribution in [1.29, 1.82) is 0 Å². The van der Waals surface area contributed by atoms with Gasteiger partial charge in [-0.15, -0.1) is 0 Å². The highest BCUT2D eigenvalue weighted by Crippen LogP contribution is 2.40. The topological polar surface area (TPSA) is 87.4 Å². The van der Waals surface area contributed by atoms with E-state index in [1.807, 2.05) is 43.3 Å². The van der Waals surface area contributed by atoms with Crippen molar-refractivity contribution in [2.45, 2.75) is 19.9 Å². The van der Waals surface area contributed by atoms with Crippen LogP contribution in [0, 0.1) is 13.8 Å². The number of ketones is 1. The van der Waals surface area contributed by atoms with Crippen molar-refractivity contribution in [3.05, 3.63) is 75.2 Å². The zero-order valence-corrected chi connectivity index (χ0v) is 21.3. The molecule has 2 fully saturated rings. The Balaban J connectivity index is 1.63. The van der Waals surface area contributed by atoms with Crippen molar-refractivity contribution in [2.24, 2.45) is 0 Å². The van der Waals surface area contributed by atoms with Gasteiger partial charge in [0.2, 0.25) is 0 Å². The molecule has 2 saturated heterocycles. The molecule has 0 aliphatic carbocycles. The number of halogens is 1. The van der Waals surface area contributed by atoms with Gasteiger partial charge in [-0.25, -0.2) is 4.98 Å². The molecule has 2 aliphatic rings. The number of rotatable bonds is 5. The lowest BCUT2D eigenvalue weighted by Gasteiger charge is -2.31. The zero-order valence-electron chi connectivity index (χ0n) is 19.7. The third kappa shape index (κ3) is 4.28. The molecule has 1 N–H and O–H groups in total. The van der Waals surface area contributed by atoms with Crippen LogP contribution in [0.5, 0.6) is 0 Å². The summed E-state index contributed by atoms with van der Waals surface area (Å²) < 4.78 is 8.03. The maximum Gasteiger partial charge on any atom is 0.295 e. The number of Topliss-reactive ketones (excluding diaryl/α,β-unsaturated/α-hetero) is 1. The van der Waals surface area contributed by atoms with Crippen molar-refractivity contribution < 1.29 is 19.4 Å². The maximum atomic E-state index is 13.4. The van der Waals surface area contributed by atoms with Gasteiger partial charge in [-0.05, 0) is 43.2 Å². The largest absolute Gasteiger partial charge is 0.505 e. The summed E-state index contributed by atoms with van der Waals surface area (Å²) in [6.45, 7) is 7.60. The van der Waals surface area contributed by atoms with E-state index in [0.717, 1.165) is 28.7 Å². The van der Waals surface area contributed by atoms with E-state index in [0.29, 0.717) is 43.3 Å². The Labute approximate surface area is 211 Å². The Morgan fingerprint density at radius 1 is 1.14 bits per heavy atom.